The van der Waals surface area contributed by atoms with Crippen molar-refractivity contribution < 1.29 is 0 Å². The highest BCUT2D eigenvalue weighted by atomic mass is 15.2. The van der Waals surface area contributed by atoms with Gasteiger partial charge in [0.1, 0.15) is 0 Å². The van der Waals surface area contributed by atoms with Gasteiger partial charge in [-0.05, 0) is 32.1 Å². The summed E-state index contributed by atoms with van der Waals surface area (Å²) in [5.74, 6) is 0.946. The Labute approximate surface area is 101 Å². The minimum Gasteiger partial charge on any atom is -0.309 e. The van der Waals surface area contributed by atoms with Crippen molar-refractivity contribution in [1.82, 2.24) is 10.2 Å². The van der Waals surface area contributed by atoms with Gasteiger partial charge in [0.15, 0.2) is 0 Å². The third kappa shape index (κ3) is 2.78. The summed E-state index contributed by atoms with van der Waals surface area (Å²) >= 11 is 0. The molecule has 2 nitrogen and oxygen atoms in total. The van der Waals surface area contributed by atoms with E-state index < -0.39 is 0 Å². The lowest BCUT2D eigenvalue weighted by molar-refractivity contribution is 0.0681. The number of nitrogens with one attached hydrogen (secondary N) is 1. The van der Waals surface area contributed by atoms with Crippen LogP contribution in [-0.2, 0) is 0 Å². The Kier molecular flexibility index (Phi) is 3.91. The summed E-state index contributed by atoms with van der Waals surface area (Å²) in [6.45, 7) is 10.8. The van der Waals surface area contributed by atoms with Gasteiger partial charge in [-0.25, -0.2) is 0 Å². The molecular formula is C14H28N2. The number of hydrogen-bond donors (Lipinski definition) is 1. The fraction of sp³-hybridized carbons (Fsp3) is 1.00. The monoisotopic (exact) mass is 224 g/mol. The van der Waals surface area contributed by atoms with Crippen LogP contribution in [0.2, 0.25) is 0 Å². The van der Waals surface area contributed by atoms with Crippen LogP contribution in [0.5, 0.6) is 0 Å². The maximum absolute atomic E-state index is 3.68. The molecule has 0 bridgehead atoms. The van der Waals surface area contributed by atoms with E-state index in [1.165, 1.54) is 51.7 Å². The van der Waals surface area contributed by atoms with Crippen LogP contribution in [0, 0.1) is 5.92 Å². The van der Waals surface area contributed by atoms with Gasteiger partial charge in [-0.15, -0.1) is 0 Å². The third-order valence-corrected chi connectivity index (χ3v) is 4.71. The van der Waals surface area contributed by atoms with E-state index in [0.717, 1.165) is 12.0 Å². The molecule has 0 amide bonds. The van der Waals surface area contributed by atoms with Crippen molar-refractivity contribution in [2.45, 2.75) is 64.5 Å². The van der Waals surface area contributed by atoms with Crippen molar-refractivity contribution in [3.05, 3.63) is 0 Å². The standard InChI is InChI=1S/C14H28N2/c1-4-14(3)11-16(9-8-15-14)13-7-5-6-12(2)10-13/h12-13,15H,4-11H2,1-3H3. The first-order valence-corrected chi connectivity index (χ1v) is 7.12. The van der Waals surface area contributed by atoms with E-state index in [4.69, 9.17) is 0 Å². The summed E-state index contributed by atoms with van der Waals surface area (Å²) in [4.78, 5) is 2.76. The Morgan fingerprint density at radius 3 is 2.88 bits per heavy atom. The largest absolute Gasteiger partial charge is 0.309 e. The van der Waals surface area contributed by atoms with E-state index in [1.807, 2.05) is 0 Å². The van der Waals surface area contributed by atoms with Crippen molar-refractivity contribution in [2.75, 3.05) is 19.6 Å². The lowest BCUT2D eigenvalue weighted by Gasteiger charge is -2.46. The van der Waals surface area contributed by atoms with E-state index >= 15 is 0 Å². The van der Waals surface area contributed by atoms with Gasteiger partial charge in [0.05, 0.1) is 0 Å². The van der Waals surface area contributed by atoms with Crippen molar-refractivity contribution in [2.24, 2.45) is 5.92 Å². The average molecular weight is 224 g/mol. The van der Waals surface area contributed by atoms with Crippen LogP contribution in [-0.4, -0.2) is 36.1 Å². The first kappa shape index (κ1) is 12.4. The first-order valence-electron chi connectivity index (χ1n) is 7.12. The summed E-state index contributed by atoms with van der Waals surface area (Å²) in [5, 5.41) is 3.68. The highest BCUT2D eigenvalue weighted by Crippen LogP contribution is 2.29. The van der Waals surface area contributed by atoms with Crippen molar-refractivity contribution in [1.29, 1.82) is 0 Å². The average Bonchev–Trinajstić information content (AvgIpc) is 2.29. The Bertz CT molecular complexity index is 229. The van der Waals surface area contributed by atoms with E-state index in [9.17, 15) is 0 Å². The van der Waals surface area contributed by atoms with Crippen molar-refractivity contribution >= 4 is 0 Å². The van der Waals surface area contributed by atoms with Gasteiger partial charge < -0.3 is 5.32 Å². The molecule has 0 radical (unpaired) electrons. The molecule has 1 heterocycles. The number of nitrogens with zero attached hydrogens (tertiary/aromatic N) is 1. The van der Waals surface area contributed by atoms with Gasteiger partial charge in [0.2, 0.25) is 0 Å². The molecule has 0 aromatic carbocycles. The van der Waals surface area contributed by atoms with E-state index in [2.05, 4.69) is 31.0 Å². The topological polar surface area (TPSA) is 15.3 Å². The molecule has 1 saturated carbocycles. The molecule has 0 aromatic rings. The van der Waals surface area contributed by atoms with Gasteiger partial charge in [-0.1, -0.05) is 26.7 Å². The fourth-order valence-corrected chi connectivity index (χ4v) is 3.37. The van der Waals surface area contributed by atoms with E-state index in [-0.39, 0.29) is 0 Å². The highest BCUT2D eigenvalue weighted by molar-refractivity contribution is 4.93. The zero-order chi connectivity index (χ0) is 11.6. The van der Waals surface area contributed by atoms with Crippen LogP contribution < -0.4 is 5.32 Å². The van der Waals surface area contributed by atoms with Gasteiger partial charge in [-0.2, -0.15) is 0 Å². The summed E-state index contributed by atoms with van der Waals surface area (Å²) in [7, 11) is 0. The fourth-order valence-electron chi connectivity index (χ4n) is 3.37. The van der Waals surface area contributed by atoms with Gasteiger partial charge in [0, 0.05) is 31.2 Å². The van der Waals surface area contributed by atoms with Crippen LogP contribution in [0.3, 0.4) is 0 Å². The lowest BCUT2D eigenvalue weighted by atomic mass is 9.84. The quantitative estimate of drug-likeness (QED) is 0.776. The van der Waals surface area contributed by atoms with Gasteiger partial charge >= 0.3 is 0 Å². The Balaban J connectivity index is 1.93. The van der Waals surface area contributed by atoms with Gasteiger partial charge in [-0.3, -0.25) is 4.90 Å². The smallest absolute Gasteiger partial charge is 0.0278 e. The SMILES string of the molecule is CCC1(C)CN(C2CCCC(C)C2)CCN1. The summed E-state index contributed by atoms with van der Waals surface area (Å²) in [6, 6.07) is 0.872. The van der Waals surface area contributed by atoms with E-state index in [1.54, 1.807) is 0 Å². The van der Waals surface area contributed by atoms with Crippen molar-refractivity contribution in [3.63, 3.8) is 0 Å². The molecule has 2 rings (SSSR count). The molecule has 1 saturated heterocycles. The van der Waals surface area contributed by atoms with Crippen LogP contribution in [0.25, 0.3) is 0 Å². The summed E-state index contributed by atoms with van der Waals surface area (Å²) in [5.41, 5.74) is 0.360. The lowest BCUT2D eigenvalue weighted by Crippen LogP contribution is -2.60. The normalized spacial score (nSPS) is 42.2. The summed E-state index contributed by atoms with van der Waals surface area (Å²) < 4.78 is 0. The minimum absolute atomic E-state index is 0.360. The zero-order valence-electron chi connectivity index (χ0n) is 11.3. The second-order valence-corrected chi connectivity index (χ2v) is 6.24. The highest BCUT2D eigenvalue weighted by Gasteiger charge is 2.33. The zero-order valence-corrected chi connectivity index (χ0v) is 11.3. The summed E-state index contributed by atoms with van der Waals surface area (Å²) in [6.07, 6.45) is 7.00. The molecule has 1 N–H and O–H groups in total. The third-order valence-electron chi connectivity index (χ3n) is 4.71. The Morgan fingerprint density at radius 2 is 2.19 bits per heavy atom. The second-order valence-electron chi connectivity index (χ2n) is 6.24. The predicted octanol–water partition coefficient (Wildman–Crippen LogP) is 2.64. The molecule has 2 aliphatic rings. The number of hydrogen-bond acceptors (Lipinski definition) is 2. The van der Waals surface area contributed by atoms with Gasteiger partial charge in [0.25, 0.3) is 0 Å². The van der Waals surface area contributed by atoms with Crippen LogP contribution in [0.15, 0.2) is 0 Å². The van der Waals surface area contributed by atoms with Crippen LogP contribution >= 0.6 is 0 Å². The molecule has 16 heavy (non-hydrogen) atoms. The first-order chi connectivity index (χ1) is 7.63. The number of rotatable bonds is 2. The molecule has 3 atom stereocenters. The minimum atomic E-state index is 0.360. The molecule has 3 unspecified atom stereocenters. The molecular weight excluding hydrogens is 196 g/mol. The molecule has 1 aliphatic heterocycles. The second kappa shape index (κ2) is 5.05. The Morgan fingerprint density at radius 1 is 1.38 bits per heavy atom. The van der Waals surface area contributed by atoms with Crippen molar-refractivity contribution in [3.8, 4) is 0 Å². The predicted molar refractivity (Wildman–Crippen MR) is 69.7 cm³/mol. The maximum atomic E-state index is 3.68. The molecule has 2 fully saturated rings. The molecule has 94 valence electrons. The van der Waals surface area contributed by atoms with Crippen LogP contribution in [0.1, 0.15) is 52.9 Å². The molecule has 2 heteroatoms. The molecule has 0 aromatic heterocycles. The van der Waals surface area contributed by atoms with Crippen LogP contribution in [0.4, 0.5) is 0 Å². The maximum Gasteiger partial charge on any atom is 0.0278 e. The number of piperazine rings is 1. The molecule has 1 aliphatic carbocycles. The molecule has 0 spiro atoms. The van der Waals surface area contributed by atoms with E-state index in [0.29, 0.717) is 5.54 Å². The Hall–Kier alpha value is -0.0800.